The summed E-state index contributed by atoms with van der Waals surface area (Å²) in [6.07, 6.45) is 0. The van der Waals surface area contributed by atoms with E-state index in [-0.39, 0.29) is 22.6 Å². The molecule has 0 unspecified atom stereocenters. The predicted molar refractivity (Wildman–Crippen MR) is 104 cm³/mol. The number of esters is 1. The van der Waals surface area contributed by atoms with Crippen molar-refractivity contribution in [1.29, 1.82) is 0 Å². The Bertz CT molecular complexity index is 835. The molecule has 2 rings (SSSR count). The maximum Gasteiger partial charge on any atom is 0.340 e. The normalized spacial score (nSPS) is 10.9. The van der Waals surface area contributed by atoms with E-state index in [0.29, 0.717) is 17.1 Å². The number of nitrogens with one attached hydrogen (secondary N) is 1. The molecule has 2 aromatic carbocycles. The fourth-order valence-corrected chi connectivity index (χ4v) is 2.58. The maximum absolute atomic E-state index is 12.7. The third-order valence-electron chi connectivity index (χ3n) is 4.19. The van der Waals surface area contributed by atoms with E-state index in [1.54, 1.807) is 12.1 Å². The number of hydrogen-bond donors (Lipinski definition) is 1. The molecule has 0 aliphatic heterocycles. The van der Waals surface area contributed by atoms with Gasteiger partial charge in [-0.2, -0.15) is 0 Å². The molecule has 0 aliphatic carbocycles. The lowest BCUT2D eigenvalue weighted by molar-refractivity contribution is 0.0601. The van der Waals surface area contributed by atoms with Gasteiger partial charge in [0, 0.05) is 17.7 Å². The standard InChI is InChI=1S/C21H25NO5/c1-21(2,3)14-9-7-13(8-10-14)19(23)22-16-12-18(26-5)17(25-4)11-15(16)20(24)27-6/h7-12H,1-6H3,(H,22,23). The largest absolute Gasteiger partial charge is 0.493 e. The van der Waals surface area contributed by atoms with Crippen LogP contribution in [0.15, 0.2) is 36.4 Å². The molecular weight excluding hydrogens is 346 g/mol. The van der Waals surface area contributed by atoms with Gasteiger partial charge in [-0.15, -0.1) is 0 Å². The first-order valence-corrected chi connectivity index (χ1v) is 8.47. The van der Waals surface area contributed by atoms with Crippen molar-refractivity contribution in [3.63, 3.8) is 0 Å². The highest BCUT2D eigenvalue weighted by Gasteiger charge is 2.20. The minimum absolute atomic E-state index is 0.00356. The first-order chi connectivity index (χ1) is 12.7. The molecule has 0 radical (unpaired) electrons. The molecule has 0 spiro atoms. The summed E-state index contributed by atoms with van der Waals surface area (Å²) in [5, 5.41) is 2.75. The second-order valence-electron chi connectivity index (χ2n) is 7.03. The third-order valence-corrected chi connectivity index (χ3v) is 4.19. The number of methoxy groups -OCH3 is 3. The van der Waals surface area contributed by atoms with Crippen LogP contribution < -0.4 is 14.8 Å². The summed E-state index contributed by atoms with van der Waals surface area (Å²) in [6.45, 7) is 6.32. The van der Waals surface area contributed by atoms with E-state index >= 15 is 0 Å². The Morgan fingerprint density at radius 1 is 0.889 bits per heavy atom. The van der Waals surface area contributed by atoms with Gasteiger partial charge in [0.05, 0.1) is 32.6 Å². The number of benzene rings is 2. The molecule has 0 atom stereocenters. The van der Waals surface area contributed by atoms with Crippen LogP contribution in [0.25, 0.3) is 0 Å². The molecule has 6 heteroatoms. The minimum atomic E-state index is -0.589. The van der Waals surface area contributed by atoms with Crippen molar-refractivity contribution >= 4 is 17.6 Å². The molecule has 6 nitrogen and oxygen atoms in total. The number of anilines is 1. The molecule has 2 aromatic rings. The predicted octanol–water partition coefficient (Wildman–Crippen LogP) is 4.04. The van der Waals surface area contributed by atoms with E-state index in [1.165, 1.54) is 33.5 Å². The molecule has 144 valence electrons. The van der Waals surface area contributed by atoms with Crippen molar-refractivity contribution in [2.24, 2.45) is 0 Å². The van der Waals surface area contributed by atoms with E-state index in [4.69, 9.17) is 14.2 Å². The fourth-order valence-electron chi connectivity index (χ4n) is 2.58. The molecule has 0 saturated heterocycles. The number of hydrogen-bond acceptors (Lipinski definition) is 5. The van der Waals surface area contributed by atoms with Gasteiger partial charge in [-0.25, -0.2) is 4.79 Å². The van der Waals surface area contributed by atoms with Gasteiger partial charge in [0.25, 0.3) is 5.91 Å². The zero-order chi connectivity index (χ0) is 20.2. The second kappa shape index (κ2) is 8.12. The van der Waals surface area contributed by atoms with Gasteiger partial charge in [0.15, 0.2) is 11.5 Å². The Kier molecular flexibility index (Phi) is 6.10. The van der Waals surface area contributed by atoms with Crippen LogP contribution in [0, 0.1) is 0 Å². The van der Waals surface area contributed by atoms with Gasteiger partial charge in [-0.3, -0.25) is 4.79 Å². The first kappa shape index (κ1) is 20.3. The summed E-state index contributed by atoms with van der Waals surface area (Å²) in [5.74, 6) is -0.170. The molecule has 1 amide bonds. The van der Waals surface area contributed by atoms with Crippen molar-refractivity contribution in [1.82, 2.24) is 0 Å². The van der Waals surface area contributed by atoms with Crippen LogP contribution in [-0.4, -0.2) is 33.2 Å². The molecular formula is C21H25NO5. The van der Waals surface area contributed by atoms with Gasteiger partial charge < -0.3 is 19.5 Å². The van der Waals surface area contributed by atoms with Crippen LogP contribution in [0.4, 0.5) is 5.69 Å². The summed E-state index contributed by atoms with van der Waals surface area (Å²) >= 11 is 0. The molecule has 0 aliphatic rings. The number of ether oxygens (including phenoxy) is 3. The van der Waals surface area contributed by atoms with Crippen LogP contribution >= 0.6 is 0 Å². The van der Waals surface area contributed by atoms with Crippen LogP contribution in [0.1, 0.15) is 47.1 Å². The third kappa shape index (κ3) is 4.58. The molecule has 0 heterocycles. The highest BCUT2D eigenvalue weighted by molar-refractivity contribution is 6.08. The zero-order valence-corrected chi connectivity index (χ0v) is 16.5. The minimum Gasteiger partial charge on any atom is -0.493 e. The van der Waals surface area contributed by atoms with Gasteiger partial charge in [0.1, 0.15) is 0 Å². The highest BCUT2D eigenvalue weighted by atomic mass is 16.5. The van der Waals surface area contributed by atoms with E-state index in [0.717, 1.165) is 5.56 Å². The van der Waals surface area contributed by atoms with E-state index in [1.807, 2.05) is 12.1 Å². The summed E-state index contributed by atoms with van der Waals surface area (Å²) in [4.78, 5) is 24.8. The monoisotopic (exact) mass is 371 g/mol. The summed E-state index contributed by atoms with van der Waals surface area (Å²) in [6, 6.07) is 10.4. The Labute approximate surface area is 159 Å². The van der Waals surface area contributed by atoms with Crippen molar-refractivity contribution in [2.45, 2.75) is 26.2 Å². The Morgan fingerprint density at radius 2 is 1.44 bits per heavy atom. The molecule has 0 saturated carbocycles. The van der Waals surface area contributed by atoms with Gasteiger partial charge in [-0.1, -0.05) is 32.9 Å². The van der Waals surface area contributed by atoms with Crippen LogP contribution in [-0.2, 0) is 10.2 Å². The topological polar surface area (TPSA) is 73.9 Å². The fraction of sp³-hybridized carbons (Fsp3) is 0.333. The summed E-state index contributed by atoms with van der Waals surface area (Å²) < 4.78 is 15.3. The van der Waals surface area contributed by atoms with Gasteiger partial charge in [0.2, 0.25) is 0 Å². The molecule has 0 bridgehead atoms. The van der Waals surface area contributed by atoms with E-state index in [9.17, 15) is 9.59 Å². The smallest absolute Gasteiger partial charge is 0.340 e. The molecule has 27 heavy (non-hydrogen) atoms. The first-order valence-electron chi connectivity index (χ1n) is 8.47. The Balaban J connectivity index is 2.37. The van der Waals surface area contributed by atoms with Crippen molar-refractivity contribution in [3.05, 3.63) is 53.1 Å². The van der Waals surface area contributed by atoms with Crippen molar-refractivity contribution in [2.75, 3.05) is 26.6 Å². The zero-order valence-electron chi connectivity index (χ0n) is 16.5. The van der Waals surface area contributed by atoms with E-state index < -0.39 is 5.97 Å². The lowest BCUT2D eigenvalue weighted by Crippen LogP contribution is -2.17. The number of carbonyl (C=O) groups is 2. The average Bonchev–Trinajstić information content (AvgIpc) is 2.66. The van der Waals surface area contributed by atoms with Crippen LogP contribution in [0.2, 0.25) is 0 Å². The lowest BCUT2D eigenvalue weighted by Gasteiger charge is -2.19. The van der Waals surface area contributed by atoms with Crippen LogP contribution in [0.5, 0.6) is 11.5 Å². The summed E-state index contributed by atoms with van der Waals surface area (Å²) in [7, 11) is 4.22. The Morgan fingerprint density at radius 3 is 1.93 bits per heavy atom. The molecule has 0 fully saturated rings. The second-order valence-corrected chi connectivity index (χ2v) is 7.03. The SMILES string of the molecule is COC(=O)c1cc(OC)c(OC)cc1NC(=O)c1ccc(C(C)(C)C)cc1. The lowest BCUT2D eigenvalue weighted by atomic mass is 9.86. The molecule has 0 aromatic heterocycles. The van der Waals surface area contributed by atoms with Crippen molar-refractivity contribution in [3.8, 4) is 11.5 Å². The van der Waals surface area contributed by atoms with Crippen LogP contribution in [0.3, 0.4) is 0 Å². The van der Waals surface area contributed by atoms with Crippen molar-refractivity contribution < 1.29 is 23.8 Å². The van der Waals surface area contributed by atoms with Gasteiger partial charge >= 0.3 is 5.97 Å². The number of amides is 1. The van der Waals surface area contributed by atoms with Gasteiger partial charge in [-0.05, 0) is 23.1 Å². The quantitative estimate of drug-likeness (QED) is 0.803. The summed E-state index contributed by atoms with van der Waals surface area (Å²) in [5.41, 5.74) is 2.06. The Hall–Kier alpha value is -3.02. The number of rotatable bonds is 5. The van der Waals surface area contributed by atoms with E-state index in [2.05, 4.69) is 26.1 Å². The maximum atomic E-state index is 12.7. The average molecular weight is 371 g/mol. The number of carbonyl (C=O) groups excluding carboxylic acids is 2. The molecule has 1 N–H and O–H groups in total. The highest BCUT2D eigenvalue weighted by Crippen LogP contribution is 2.34.